The molecule has 1 aromatic rings. The highest BCUT2D eigenvalue weighted by Gasteiger charge is 2.31. The van der Waals surface area contributed by atoms with Crippen LogP contribution in [0.1, 0.15) is 38.4 Å². The molecule has 1 aliphatic rings. The van der Waals surface area contributed by atoms with E-state index in [2.05, 4.69) is 19.2 Å². The molecule has 0 spiro atoms. The quantitative estimate of drug-likeness (QED) is 0.890. The Balaban J connectivity index is 2.09. The van der Waals surface area contributed by atoms with Crippen molar-refractivity contribution in [1.82, 2.24) is 5.32 Å². The van der Waals surface area contributed by atoms with E-state index in [9.17, 15) is 4.39 Å². The predicted molar refractivity (Wildman–Crippen MR) is 71.0 cm³/mol. The highest BCUT2D eigenvalue weighted by Crippen LogP contribution is 2.31. The number of rotatable bonds is 3. The molecule has 1 aliphatic heterocycles. The molecule has 100 valence electrons. The molecular formula is C15H22FNO. The second-order valence-corrected chi connectivity index (χ2v) is 5.19. The first-order chi connectivity index (χ1) is 8.69. The summed E-state index contributed by atoms with van der Waals surface area (Å²) >= 11 is 0. The van der Waals surface area contributed by atoms with Crippen molar-refractivity contribution in [2.45, 2.75) is 32.8 Å². The first-order valence-electron chi connectivity index (χ1n) is 6.77. The molecule has 0 radical (unpaired) electrons. The number of nitrogens with one attached hydrogen (secondary N) is 1. The Morgan fingerprint density at radius 1 is 1.39 bits per heavy atom. The summed E-state index contributed by atoms with van der Waals surface area (Å²) in [6.07, 6.45) is 2.17. The van der Waals surface area contributed by atoms with Crippen molar-refractivity contribution in [3.05, 3.63) is 35.6 Å². The number of hydrogen-bond acceptors (Lipinski definition) is 2. The van der Waals surface area contributed by atoms with Gasteiger partial charge in [-0.05, 0) is 30.5 Å². The van der Waals surface area contributed by atoms with Crippen LogP contribution in [0.2, 0.25) is 0 Å². The molecule has 1 unspecified atom stereocenters. The second-order valence-electron chi connectivity index (χ2n) is 5.19. The molecule has 1 N–H and O–H groups in total. The summed E-state index contributed by atoms with van der Waals surface area (Å²) in [6.45, 7) is 6.89. The van der Waals surface area contributed by atoms with E-state index in [1.54, 1.807) is 12.1 Å². The maximum absolute atomic E-state index is 13.2. The van der Waals surface area contributed by atoms with Crippen LogP contribution in [0.3, 0.4) is 0 Å². The number of halogens is 1. The van der Waals surface area contributed by atoms with Gasteiger partial charge in [-0.2, -0.15) is 0 Å². The van der Waals surface area contributed by atoms with Gasteiger partial charge in [-0.25, -0.2) is 4.39 Å². The van der Waals surface area contributed by atoms with Crippen LogP contribution < -0.4 is 5.32 Å². The van der Waals surface area contributed by atoms with Gasteiger partial charge in [0.05, 0.1) is 12.7 Å². The van der Waals surface area contributed by atoms with Gasteiger partial charge in [0, 0.05) is 18.5 Å². The third-order valence-electron chi connectivity index (χ3n) is 4.14. The molecule has 1 aromatic carbocycles. The third-order valence-corrected chi connectivity index (χ3v) is 4.14. The van der Waals surface area contributed by atoms with E-state index in [-0.39, 0.29) is 17.3 Å². The summed E-state index contributed by atoms with van der Waals surface area (Å²) in [7, 11) is 0. The van der Waals surface area contributed by atoms with Crippen LogP contribution in [0, 0.1) is 11.2 Å². The van der Waals surface area contributed by atoms with Crippen LogP contribution in [-0.4, -0.2) is 19.7 Å². The fourth-order valence-corrected chi connectivity index (χ4v) is 2.48. The maximum atomic E-state index is 13.2. The molecular weight excluding hydrogens is 229 g/mol. The van der Waals surface area contributed by atoms with Crippen LogP contribution in [0.25, 0.3) is 0 Å². The Bertz CT molecular complexity index is 390. The highest BCUT2D eigenvalue weighted by atomic mass is 19.1. The summed E-state index contributed by atoms with van der Waals surface area (Å²) in [5.41, 5.74) is 1.15. The smallest absolute Gasteiger partial charge is 0.123 e. The van der Waals surface area contributed by atoms with Crippen LogP contribution >= 0.6 is 0 Å². The number of benzene rings is 1. The topological polar surface area (TPSA) is 21.3 Å². The van der Waals surface area contributed by atoms with Gasteiger partial charge >= 0.3 is 0 Å². The van der Waals surface area contributed by atoms with Crippen molar-refractivity contribution >= 4 is 0 Å². The lowest BCUT2D eigenvalue weighted by atomic mass is 9.83. The Labute approximate surface area is 109 Å². The molecule has 1 saturated heterocycles. The molecule has 1 fully saturated rings. The van der Waals surface area contributed by atoms with Gasteiger partial charge in [0.15, 0.2) is 0 Å². The zero-order valence-corrected chi connectivity index (χ0v) is 11.2. The standard InChI is InChI=1S/C15H22FNO/c1-3-15(4-2)10-17-9-14(18-11-15)12-6-5-7-13(16)8-12/h5-8,14,17H,3-4,9-11H2,1-2H3. The van der Waals surface area contributed by atoms with Crippen LogP contribution in [-0.2, 0) is 4.74 Å². The first-order valence-corrected chi connectivity index (χ1v) is 6.77. The normalized spacial score (nSPS) is 23.6. The maximum Gasteiger partial charge on any atom is 0.123 e. The van der Waals surface area contributed by atoms with Gasteiger partial charge in [-0.15, -0.1) is 0 Å². The van der Waals surface area contributed by atoms with E-state index in [1.165, 1.54) is 6.07 Å². The minimum Gasteiger partial charge on any atom is -0.372 e. The van der Waals surface area contributed by atoms with Gasteiger partial charge in [0.1, 0.15) is 5.82 Å². The number of hydrogen-bond donors (Lipinski definition) is 1. The Morgan fingerprint density at radius 3 is 2.83 bits per heavy atom. The molecule has 2 rings (SSSR count). The molecule has 1 heterocycles. The highest BCUT2D eigenvalue weighted by molar-refractivity contribution is 5.19. The van der Waals surface area contributed by atoms with Crippen molar-refractivity contribution in [3.63, 3.8) is 0 Å². The monoisotopic (exact) mass is 251 g/mol. The predicted octanol–water partition coefficient (Wildman–Crippen LogP) is 3.29. The molecule has 3 heteroatoms. The summed E-state index contributed by atoms with van der Waals surface area (Å²) in [5.74, 6) is -0.197. The van der Waals surface area contributed by atoms with E-state index in [1.807, 2.05) is 6.07 Å². The van der Waals surface area contributed by atoms with Crippen LogP contribution in [0.15, 0.2) is 24.3 Å². The Kier molecular flexibility index (Phi) is 4.36. The van der Waals surface area contributed by atoms with E-state index < -0.39 is 0 Å². The summed E-state index contributed by atoms with van der Waals surface area (Å²) in [4.78, 5) is 0. The van der Waals surface area contributed by atoms with Gasteiger partial charge in [-0.1, -0.05) is 26.0 Å². The Hall–Kier alpha value is -0.930. The largest absolute Gasteiger partial charge is 0.372 e. The molecule has 18 heavy (non-hydrogen) atoms. The summed E-state index contributed by atoms with van der Waals surface area (Å²) in [5, 5.41) is 3.46. The lowest BCUT2D eigenvalue weighted by molar-refractivity contribution is 0.0102. The SMILES string of the molecule is CCC1(CC)CNCC(c2cccc(F)c2)OC1. The van der Waals surface area contributed by atoms with Crippen molar-refractivity contribution in [2.75, 3.05) is 19.7 Å². The Morgan fingerprint density at radius 2 is 2.17 bits per heavy atom. The third kappa shape index (κ3) is 2.90. The van der Waals surface area contributed by atoms with Crippen molar-refractivity contribution in [3.8, 4) is 0 Å². The molecule has 0 bridgehead atoms. The molecule has 1 atom stereocenters. The molecule has 2 nitrogen and oxygen atoms in total. The average Bonchev–Trinajstić information content (AvgIpc) is 2.62. The number of ether oxygens (including phenoxy) is 1. The summed E-state index contributed by atoms with van der Waals surface area (Å²) in [6, 6.07) is 6.71. The van der Waals surface area contributed by atoms with E-state index in [0.717, 1.165) is 38.1 Å². The minimum atomic E-state index is -0.197. The van der Waals surface area contributed by atoms with E-state index in [0.29, 0.717) is 0 Å². The lowest BCUT2D eigenvalue weighted by Crippen LogP contribution is -2.34. The van der Waals surface area contributed by atoms with Crippen molar-refractivity contribution < 1.29 is 9.13 Å². The molecule has 0 aromatic heterocycles. The lowest BCUT2D eigenvalue weighted by Gasteiger charge is -2.29. The van der Waals surface area contributed by atoms with Crippen LogP contribution in [0.5, 0.6) is 0 Å². The zero-order valence-electron chi connectivity index (χ0n) is 11.2. The van der Waals surface area contributed by atoms with Crippen LogP contribution in [0.4, 0.5) is 4.39 Å². The van der Waals surface area contributed by atoms with Gasteiger partial charge in [-0.3, -0.25) is 0 Å². The second kappa shape index (κ2) is 5.81. The van der Waals surface area contributed by atoms with E-state index >= 15 is 0 Å². The molecule has 0 saturated carbocycles. The van der Waals surface area contributed by atoms with Crippen molar-refractivity contribution in [2.24, 2.45) is 5.41 Å². The fourth-order valence-electron chi connectivity index (χ4n) is 2.48. The van der Waals surface area contributed by atoms with Gasteiger partial charge in [0.25, 0.3) is 0 Å². The molecule has 0 aliphatic carbocycles. The zero-order chi connectivity index (χ0) is 13.0. The fraction of sp³-hybridized carbons (Fsp3) is 0.600. The molecule has 0 amide bonds. The first kappa shape index (κ1) is 13.5. The minimum absolute atomic E-state index is 0.0410. The van der Waals surface area contributed by atoms with Gasteiger partial charge < -0.3 is 10.1 Å². The summed E-state index contributed by atoms with van der Waals surface area (Å²) < 4.78 is 19.2. The average molecular weight is 251 g/mol. The van der Waals surface area contributed by atoms with Gasteiger partial charge in [0.2, 0.25) is 0 Å². The van der Waals surface area contributed by atoms with Crippen molar-refractivity contribution in [1.29, 1.82) is 0 Å². The van der Waals surface area contributed by atoms with E-state index in [4.69, 9.17) is 4.74 Å².